The fraction of sp³-hybridized carbons (Fsp3) is 0.292. The molecule has 0 saturated carbocycles. The zero-order valence-electron chi connectivity index (χ0n) is 19.4. The Balaban J connectivity index is 1.55. The number of hydrogen-bond donors (Lipinski definition) is 2. The van der Waals surface area contributed by atoms with Crippen LogP contribution >= 0.6 is 0 Å². The lowest BCUT2D eigenvalue weighted by Gasteiger charge is -2.27. The highest BCUT2D eigenvalue weighted by molar-refractivity contribution is 5.90. The van der Waals surface area contributed by atoms with Gasteiger partial charge in [0.25, 0.3) is 0 Å². The van der Waals surface area contributed by atoms with Crippen molar-refractivity contribution in [2.75, 3.05) is 49.1 Å². The lowest BCUT2D eigenvalue weighted by atomic mass is 10.1. The van der Waals surface area contributed by atoms with Gasteiger partial charge in [0.1, 0.15) is 0 Å². The van der Waals surface area contributed by atoms with E-state index in [1.807, 2.05) is 13.8 Å². The van der Waals surface area contributed by atoms with Crippen molar-refractivity contribution in [2.24, 2.45) is 5.10 Å². The van der Waals surface area contributed by atoms with Gasteiger partial charge in [-0.1, -0.05) is 24.3 Å². The van der Waals surface area contributed by atoms with Gasteiger partial charge >= 0.3 is 5.97 Å². The topological polar surface area (TPSA) is 114 Å². The zero-order valence-corrected chi connectivity index (χ0v) is 19.4. The molecule has 0 amide bonds. The number of nitrogens with one attached hydrogen (secondary N) is 2. The molecule has 0 unspecified atom stereocenters. The number of esters is 1. The molecular formula is C24H27N7O3. The highest BCUT2D eigenvalue weighted by Crippen LogP contribution is 2.22. The van der Waals surface area contributed by atoms with E-state index in [1.54, 1.807) is 30.5 Å². The molecule has 1 saturated heterocycles. The number of rotatable bonds is 7. The summed E-state index contributed by atoms with van der Waals surface area (Å²) in [4.78, 5) is 27.3. The van der Waals surface area contributed by atoms with Crippen molar-refractivity contribution < 1.29 is 14.3 Å². The zero-order chi connectivity index (χ0) is 23.9. The van der Waals surface area contributed by atoms with Crippen LogP contribution in [0.15, 0.2) is 47.6 Å². The average Bonchev–Trinajstić information content (AvgIpc) is 2.86. The number of aromatic nitrogens is 3. The summed E-state index contributed by atoms with van der Waals surface area (Å²) in [5, 5.41) is 7.57. The molecule has 1 aliphatic heterocycles. The van der Waals surface area contributed by atoms with Crippen LogP contribution in [0.4, 0.5) is 23.5 Å². The first-order valence-electron chi connectivity index (χ1n) is 10.9. The van der Waals surface area contributed by atoms with Crippen molar-refractivity contribution in [3.63, 3.8) is 0 Å². The Morgan fingerprint density at radius 2 is 1.79 bits per heavy atom. The molecule has 2 aromatic carbocycles. The second-order valence-corrected chi connectivity index (χ2v) is 7.81. The summed E-state index contributed by atoms with van der Waals surface area (Å²) in [6.45, 7) is 6.70. The first kappa shape index (κ1) is 23.1. The molecule has 0 aliphatic carbocycles. The Morgan fingerprint density at radius 1 is 1.06 bits per heavy atom. The summed E-state index contributed by atoms with van der Waals surface area (Å²) >= 11 is 0. The number of carbonyl (C=O) groups excluding carboxylic acids is 1. The van der Waals surface area contributed by atoms with Crippen LogP contribution in [0.5, 0.6) is 0 Å². The molecule has 0 radical (unpaired) electrons. The molecule has 10 heteroatoms. The van der Waals surface area contributed by atoms with Gasteiger partial charge in [-0.2, -0.15) is 20.1 Å². The van der Waals surface area contributed by atoms with E-state index in [2.05, 4.69) is 53.9 Å². The van der Waals surface area contributed by atoms with Crippen molar-refractivity contribution in [1.82, 2.24) is 15.0 Å². The molecule has 0 bridgehead atoms. The third-order valence-corrected chi connectivity index (χ3v) is 5.27. The van der Waals surface area contributed by atoms with Crippen LogP contribution in [0, 0.1) is 13.8 Å². The van der Waals surface area contributed by atoms with Crippen molar-refractivity contribution >= 4 is 35.7 Å². The number of hydrogen-bond acceptors (Lipinski definition) is 10. The molecule has 1 aromatic heterocycles. The Hall–Kier alpha value is -4.05. The summed E-state index contributed by atoms with van der Waals surface area (Å²) in [6, 6.07) is 13.1. The fourth-order valence-electron chi connectivity index (χ4n) is 3.35. The Labute approximate surface area is 198 Å². The number of morpholine rings is 1. The number of aryl methyl sites for hydroxylation is 2. The quantitative estimate of drug-likeness (QED) is 0.311. The van der Waals surface area contributed by atoms with Gasteiger partial charge in [-0.15, -0.1) is 0 Å². The second-order valence-electron chi connectivity index (χ2n) is 7.81. The highest BCUT2D eigenvalue weighted by atomic mass is 16.5. The van der Waals surface area contributed by atoms with Crippen LogP contribution in [0.25, 0.3) is 0 Å². The molecule has 0 atom stereocenters. The lowest BCUT2D eigenvalue weighted by Crippen LogP contribution is -2.37. The van der Waals surface area contributed by atoms with Gasteiger partial charge < -0.3 is 19.7 Å². The monoisotopic (exact) mass is 461 g/mol. The maximum Gasteiger partial charge on any atom is 0.337 e. The second kappa shape index (κ2) is 10.7. The fourth-order valence-corrected chi connectivity index (χ4v) is 3.35. The highest BCUT2D eigenvalue weighted by Gasteiger charge is 2.17. The number of nitrogens with zero attached hydrogens (tertiary/aromatic N) is 5. The standard InChI is InChI=1S/C24H27N7O3/c1-16-4-5-17(2)20(14-16)26-22-27-23(29-24(28-22)31-10-12-34-13-11-31)30-25-15-18-6-8-19(9-7-18)21(32)33-3/h4-9,14-15H,10-13H2,1-3H3,(H2,26,27,28,29,30). The summed E-state index contributed by atoms with van der Waals surface area (Å²) in [5.74, 6) is 0.898. The Morgan fingerprint density at radius 3 is 2.53 bits per heavy atom. The van der Waals surface area contributed by atoms with E-state index < -0.39 is 0 Å². The normalized spacial score (nSPS) is 13.7. The summed E-state index contributed by atoms with van der Waals surface area (Å²) in [6.07, 6.45) is 1.62. The number of anilines is 4. The third-order valence-electron chi connectivity index (χ3n) is 5.27. The molecule has 0 spiro atoms. The molecule has 2 heterocycles. The predicted molar refractivity (Wildman–Crippen MR) is 131 cm³/mol. The van der Waals surface area contributed by atoms with Crippen LogP contribution in [0.2, 0.25) is 0 Å². The van der Waals surface area contributed by atoms with Gasteiger partial charge in [-0.3, -0.25) is 0 Å². The van der Waals surface area contributed by atoms with E-state index in [0.717, 1.165) is 22.4 Å². The van der Waals surface area contributed by atoms with Gasteiger partial charge in [-0.25, -0.2) is 10.2 Å². The van der Waals surface area contributed by atoms with Crippen molar-refractivity contribution in [1.29, 1.82) is 0 Å². The predicted octanol–water partition coefficient (Wildman–Crippen LogP) is 3.30. The van der Waals surface area contributed by atoms with Crippen LogP contribution < -0.4 is 15.6 Å². The minimum atomic E-state index is -0.383. The van der Waals surface area contributed by atoms with Gasteiger partial charge in [0, 0.05) is 18.8 Å². The number of benzene rings is 2. The largest absolute Gasteiger partial charge is 0.465 e. The molecule has 176 valence electrons. The van der Waals surface area contributed by atoms with Crippen LogP contribution in [0.3, 0.4) is 0 Å². The lowest BCUT2D eigenvalue weighted by molar-refractivity contribution is 0.0600. The SMILES string of the molecule is COC(=O)c1ccc(C=NNc2nc(Nc3cc(C)ccc3C)nc(N3CCOCC3)n2)cc1. The minimum absolute atomic E-state index is 0.312. The van der Waals surface area contributed by atoms with Crippen molar-refractivity contribution in [3.8, 4) is 0 Å². The number of carbonyl (C=O) groups is 1. The van der Waals surface area contributed by atoms with Gasteiger partial charge in [0.05, 0.1) is 32.1 Å². The molecule has 1 aliphatic rings. The van der Waals surface area contributed by atoms with Crippen LogP contribution in [-0.4, -0.2) is 60.5 Å². The van der Waals surface area contributed by atoms with Crippen molar-refractivity contribution in [2.45, 2.75) is 13.8 Å². The number of hydrazone groups is 1. The average molecular weight is 462 g/mol. The van der Waals surface area contributed by atoms with Crippen LogP contribution in [0.1, 0.15) is 27.0 Å². The molecule has 1 fully saturated rings. The Bertz CT molecular complexity index is 1180. The van der Waals surface area contributed by atoms with Crippen molar-refractivity contribution in [3.05, 3.63) is 64.7 Å². The van der Waals surface area contributed by atoms with Crippen LogP contribution in [-0.2, 0) is 9.47 Å². The molecule has 4 rings (SSSR count). The van der Waals surface area contributed by atoms with Gasteiger partial charge in [-0.05, 0) is 48.7 Å². The Kier molecular flexibility index (Phi) is 7.28. The summed E-state index contributed by atoms with van der Waals surface area (Å²) in [5.41, 5.74) is 7.32. The van der Waals surface area contributed by atoms with Gasteiger partial charge in [0.2, 0.25) is 17.8 Å². The smallest absolute Gasteiger partial charge is 0.337 e. The van der Waals surface area contributed by atoms with E-state index in [-0.39, 0.29) is 5.97 Å². The third kappa shape index (κ3) is 5.84. The van der Waals surface area contributed by atoms with E-state index in [4.69, 9.17) is 9.47 Å². The van der Waals surface area contributed by atoms with E-state index >= 15 is 0 Å². The number of methoxy groups -OCH3 is 1. The number of ether oxygens (including phenoxy) is 2. The molecule has 2 N–H and O–H groups in total. The van der Waals surface area contributed by atoms with Gasteiger partial charge in [0.15, 0.2) is 0 Å². The van der Waals surface area contributed by atoms with E-state index in [1.165, 1.54) is 7.11 Å². The molecule has 3 aromatic rings. The summed E-state index contributed by atoms with van der Waals surface area (Å²) in [7, 11) is 1.35. The van der Waals surface area contributed by atoms with E-state index in [9.17, 15) is 4.79 Å². The molecule has 34 heavy (non-hydrogen) atoms. The first-order valence-corrected chi connectivity index (χ1v) is 10.9. The summed E-state index contributed by atoms with van der Waals surface area (Å²) < 4.78 is 10.2. The van der Waals surface area contributed by atoms with E-state index in [0.29, 0.717) is 49.7 Å². The first-order chi connectivity index (χ1) is 16.5. The maximum atomic E-state index is 11.6. The molecular weight excluding hydrogens is 434 g/mol. The minimum Gasteiger partial charge on any atom is -0.465 e. The maximum absolute atomic E-state index is 11.6. The molecule has 10 nitrogen and oxygen atoms in total.